The van der Waals surface area contributed by atoms with Gasteiger partial charge >= 0.3 is 0 Å². The third-order valence-electron chi connectivity index (χ3n) is 2.79. The Balaban J connectivity index is 2.34. The second-order valence-electron chi connectivity index (χ2n) is 4.51. The van der Waals surface area contributed by atoms with E-state index in [1.807, 2.05) is 6.92 Å². The van der Waals surface area contributed by atoms with Crippen molar-refractivity contribution in [1.82, 2.24) is 14.8 Å². The first-order chi connectivity index (χ1) is 9.83. The molecule has 0 amide bonds. The molecule has 2 heterocycles. The SMILES string of the molecule is CCCn1cc(S(=O)(=O)Nc2ccc(Cl)nc2C)c(N)n1. The van der Waals surface area contributed by atoms with Gasteiger partial charge < -0.3 is 5.73 Å². The number of halogens is 1. The Hall–Kier alpha value is -1.80. The molecule has 0 radical (unpaired) electrons. The summed E-state index contributed by atoms with van der Waals surface area (Å²) in [5, 5.41) is 4.28. The molecule has 0 aliphatic heterocycles. The molecule has 2 rings (SSSR count). The molecule has 21 heavy (non-hydrogen) atoms. The number of nitrogens with zero attached hydrogens (tertiary/aromatic N) is 3. The number of nitrogen functional groups attached to an aromatic ring is 1. The fourth-order valence-electron chi connectivity index (χ4n) is 1.81. The molecule has 0 atom stereocenters. The van der Waals surface area contributed by atoms with Crippen molar-refractivity contribution in [3.05, 3.63) is 29.2 Å². The molecular weight excluding hydrogens is 314 g/mol. The molecule has 0 fully saturated rings. The Morgan fingerprint density at radius 3 is 2.76 bits per heavy atom. The summed E-state index contributed by atoms with van der Waals surface area (Å²) < 4.78 is 28.7. The van der Waals surface area contributed by atoms with E-state index >= 15 is 0 Å². The van der Waals surface area contributed by atoms with Crippen molar-refractivity contribution in [3.8, 4) is 0 Å². The van der Waals surface area contributed by atoms with Gasteiger partial charge in [0.2, 0.25) is 0 Å². The number of nitrogens with one attached hydrogen (secondary N) is 1. The van der Waals surface area contributed by atoms with Crippen LogP contribution in [0.1, 0.15) is 19.0 Å². The summed E-state index contributed by atoms with van der Waals surface area (Å²) in [4.78, 5) is 3.94. The van der Waals surface area contributed by atoms with Gasteiger partial charge in [-0.05, 0) is 25.5 Å². The molecule has 0 spiro atoms. The van der Waals surface area contributed by atoms with Gasteiger partial charge in [0.25, 0.3) is 10.0 Å². The number of nitrogens with two attached hydrogens (primary N) is 1. The van der Waals surface area contributed by atoms with Crippen molar-refractivity contribution in [1.29, 1.82) is 0 Å². The summed E-state index contributed by atoms with van der Waals surface area (Å²) in [5.74, 6) is -0.0319. The van der Waals surface area contributed by atoms with Crippen LogP contribution in [0.5, 0.6) is 0 Å². The highest BCUT2D eigenvalue weighted by Crippen LogP contribution is 2.23. The Bertz CT molecular complexity index is 757. The van der Waals surface area contributed by atoms with Crippen LogP contribution >= 0.6 is 11.6 Å². The Labute approximate surface area is 128 Å². The number of rotatable bonds is 5. The van der Waals surface area contributed by atoms with E-state index in [2.05, 4.69) is 14.8 Å². The smallest absolute Gasteiger partial charge is 0.267 e. The molecule has 114 valence electrons. The van der Waals surface area contributed by atoms with E-state index in [1.54, 1.807) is 13.0 Å². The van der Waals surface area contributed by atoms with Crippen molar-refractivity contribution in [2.45, 2.75) is 31.7 Å². The number of aromatic nitrogens is 3. The van der Waals surface area contributed by atoms with Crippen molar-refractivity contribution < 1.29 is 8.42 Å². The summed E-state index contributed by atoms with van der Waals surface area (Å²) in [7, 11) is -3.82. The standard InChI is InChI=1S/C12H16ClN5O2S/c1-3-6-18-7-10(12(14)16-18)21(19,20)17-9-4-5-11(13)15-8(9)2/h4-5,7,17H,3,6H2,1-2H3,(H2,14,16). The average molecular weight is 330 g/mol. The van der Waals surface area contributed by atoms with E-state index in [1.165, 1.54) is 16.9 Å². The van der Waals surface area contributed by atoms with E-state index in [9.17, 15) is 8.42 Å². The topological polar surface area (TPSA) is 103 Å². The van der Waals surface area contributed by atoms with E-state index in [0.717, 1.165) is 6.42 Å². The maximum atomic E-state index is 12.4. The Morgan fingerprint density at radius 1 is 1.43 bits per heavy atom. The fourth-order valence-corrected chi connectivity index (χ4v) is 3.19. The highest BCUT2D eigenvalue weighted by atomic mass is 35.5. The van der Waals surface area contributed by atoms with E-state index in [4.69, 9.17) is 17.3 Å². The van der Waals surface area contributed by atoms with Crippen LogP contribution in [0.15, 0.2) is 23.2 Å². The van der Waals surface area contributed by atoms with Crippen LogP contribution in [0.4, 0.5) is 11.5 Å². The zero-order valence-corrected chi connectivity index (χ0v) is 13.2. The monoisotopic (exact) mass is 329 g/mol. The van der Waals surface area contributed by atoms with Gasteiger partial charge in [0.1, 0.15) is 10.0 Å². The van der Waals surface area contributed by atoms with Gasteiger partial charge in [0.05, 0.1) is 11.4 Å². The summed E-state index contributed by atoms with van der Waals surface area (Å²) in [6, 6.07) is 3.06. The Kier molecular flexibility index (Phi) is 4.38. The summed E-state index contributed by atoms with van der Waals surface area (Å²) >= 11 is 5.75. The number of anilines is 2. The van der Waals surface area contributed by atoms with Crippen LogP contribution in [0.3, 0.4) is 0 Å². The van der Waals surface area contributed by atoms with E-state index in [0.29, 0.717) is 23.1 Å². The average Bonchev–Trinajstić information content (AvgIpc) is 2.75. The van der Waals surface area contributed by atoms with Crippen LogP contribution < -0.4 is 10.5 Å². The maximum absolute atomic E-state index is 12.4. The summed E-state index contributed by atoms with van der Waals surface area (Å²) in [5.41, 5.74) is 6.51. The third kappa shape index (κ3) is 3.45. The molecule has 0 aromatic carbocycles. The number of pyridine rings is 1. The summed E-state index contributed by atoms with van der Waals surface area (Å²) in [6.45, 7) is 4.22. The number of hydrogen-bond acceptors (Lipinski definition) is 5. The Morgan fingerprint density at radius 2 is 2.14 bits per heavy atom. The van der Waals surface area contributed by atoms with Crippen molar-refractivity contribution in [2.75, 3.05) is 10.5 Å². The first-order valence-electron chi connectivity index (χ1n) is 6.32. The van der Waals surface area contributed by atoms with Gasteiger partial charge in [-0.1, -0.05) is 18.5 Å². The van der Waals surface area contributed by atoms with E-state index < -0.39 is 10.0 Å². The molecule has 2 aromatic heterocycles. The molecular formula is C12H16ClN5O2S. The molecule has 2 aromatic rings. The fraction of sp³-hybridized carbons (Fsp3) is 0.333. The molecule has 7 nitrogen and oxygen atoms in total. The highest BCUT2D eigenvalue weighted by molar-refractivity contribution is 7.92. The molecule has 0 aliphatic carbocycles. The minimum Gasteiger partial charge on any atom is -0.381 e. The maximum Gasteiger partial charge on any atom is 0.267 e. The predicted molar refractivity (Wildman–Crippen MR) is 81.7 cm³/mol. The molecule has 0 saturated carbocycles. The van der Waals surface area contributed by atoms with Crippen molar-refractivity contribution in [2.24, 2.45) is 0 Å². The largest absolute Gasteiger partial charge is 0.381 e. The minimum absolute atomic E-state index is 0.0319. The molecule has 0 aliphatic rings. The lowest BCUT2D eigenvalue weighted by Crippen LogP contribution is -2.15. The minimum atomic E-state index is -3.82. The number of sulfonamides is 1. The van der Waals surface area contributed by atoms with Gasteiger partial charge in [-0.2, -0.15) is 5.10 Å². The quantitative estimate of drug-likeness (QED) is 0.817. The zero-order chi connectivity index (χ0) is 15.6. The first kappa shape index (κ1) is 15.6. The van der Waals surface area contributed by atoms with Gasteiger partial charge in [-0.15, -0.1) is 0 Å². The molecule has 9 heteroatoms. The van der Waals surface area contributed by atoms with E-state index in [-0.39, 0.29) is 10.7 Å². The molecule has 3 N–H and O–H groups in total. The normalized spacial score (nSPS) is 11.6. The number of hydrogen-bond donors (Lipinski definition) is 2. The lowest BCUT2D eigenvalue weighted by Gasteiger charge is -2.09. The van der Waals surface area contributed by atoms with Gasteiger partial charge in [0.15, 0.2) is 5.82 Å². The lowest BCUT2D eigenvalue weighted by atomic mass is 10.3. The van der Waals surface area contributed by atoms with Crippen molar-refractivity contribution in [3.63, 3.8) is 0 Å². The van der Waals surface area contributed by atoms with Gasteiger partial charge in [-0.3, -0.25) is 9.40 Å². The highest BCUT2D eigenvalue weighted by Gasteiger charge is 2.22. The van der Waals surface area contributed by atoms with Crippen LogP contribution in [-0.4, -0.2) is 23.2 Å². The van der Waals surface area contributed by atoms with Crippen molar-refractivity contribution >= 4 is 33.1 Å². The van der Waals surface area contributed by atoms with Crippen LogP contribution in [-0.2, 0) is 16.6 Å². The first-order valence-corrected chi connectivity index (χ1v) is 8.18. The second-order valence-corrected chi connectivity index (χ2v) is 6.55. The molecule has 0 unspecified atom stereocenters. The lowest BCUT2D eigenvalue weighted by molar-refractivity contribution is 0.595. The van der Waals surface area contributed by atoms with Gasteiger partial charge in [0, 0.05) is 12.7 Å². The number of aryl methyl sites for hydroxylation is 2. The van der Waals surface area contributed by atoms with Crippen LogP contribution in [0.2, 0.25) is 5.15 Å². The molecule has 0 saturated heterocycles. The van der Waals surface area contributed by atoms with Crippen LogP contribution in [0, 0.1) is 6.92 Å². The second kappa shape index (κ2) is 5.90. The third-order valence-corrected chi connectivity index (χ3v) is 4.39. The van der Waals surface area contributed by atoms with Gasteiger partial charge in [-0.25, -0.2) is 13.4 Å². The predicted octanol–water partition coefficient (Wildman–Crippen LogP) is 2.03. The van der Waals surface area contributed by atoms with Crippen LogP contribution in [0.25, 0.3) is 0 Å². The summed E-state index contributed by atoms with van der Waals surface area (Å²) in [6.07, 6.45) is 2.24. The zero-order valence-electron chi connectivity index (χ0n) is 11.7. The molecule has 0 bridgehead atoms.